The van der Waals surface area contributed by atoms with Crippen LogP contribution in [0.3, 0.4) is 0 Å². The summed E-state index contributed by atoms with van der Waals surface area (Å²) in [7, 11) is 0. The molecule has 0 amide bonds. The van der Waals surface area contributed by atoms with Crippen LogP contribution < -0.4 is 0 Å². The van der Waals surface area contributed by atoms with Crippen molar-refractivity contribution in [2.24, 2.45) is 0 Å². The van der Waals surface area contributed by atoms with E-state index in [2.05, 4.69) is 54.3 Å². The predicted octanol–water partition coefficient (Wildman–Crippen LogP) is 4.36. The molecule has 0 N–H and O–H groups in total. The van der Waals surface area contributed by atoms with Crippen molar-refractivity contribution in [1.82, 2.24) is 4.90 Å². The molecular formula is C16H18ClN. The molecule has 2 aromatic carbocycles. The first-order valence-corrected chi connectivity index (χ1v) is 6.66. The number of nitrogens with zero attached hydrogens (tertiary/aromatic N) is 1. The number of halogens is 1. The van der Waals surface area contributed by atoms with Crippen molar-refractivity contribution in [3.63, 3.8) is 0 Å². The minimum atomic E-state index is 0.796. The highest BCUT2D eigenvalue weighted by atomic mass is 35.5. The first-order valence-electron chi connectivity index (χ1n) is 6.28. The van der Waals surface area contributed by atoms with Gasteiger partial charge in [-0.15, -0.1) is 0 Å². The van der Waals surface area contributed by atoms with Gasteiger partial charge < -0.3 is 0 Å². The Morgan fingerprint density at radius 3 is 1.94 bits per heavy atom. The number of rotatable bonds is 5. The average molecular weight is 260 g/mol. The molecule has 94 valence electrons. The highest BCUT2D eigenvalue weighted by Crippen LogP contribution is 2.13. The zero-order valence-corrected chi connectivity index (χ0v) is 11.4. The van der Waals surface area contributed by atoms with Gasteiger partial charge in [0.1, 0.15) is 0 Å². The van der Waals surface area contributed by atoms with Crippen molar-refractivity contribution in [2.45, 2.75) is 20.0 Å². The lowest BCUT2D eigenvalue weighted by molar-refractivity contribution is 0.271. The van der Waals surface area contributed by atoms with Crippen LogP contribution >= 0.6 is 11.6 Å². The quantitative estimate of drug-likeness (QED) is 0.771. The summed E-state index contributed by atoms with van der Waals surface area (Å²) in [5.41, 5.74) is 2.66. The van der Waals surface area contributed by atoms with Gasteiger partial charge in [0.05, 0.1) is 0 Å². The van der Waals surface area contributed by atoms with E-state index < -0.39 is 0 Å². The molecule has 0 bridgehead atoms. The summed E-state index contributed by atoms with van der Waals surface area (Å²) in [6.07, 6.45) is 0. The standard InChI is InChI=1S/C16H18ClN/c1-2-18(12-14-6-4-3-5-7-14)13-15-8-10-16(17)11-9-15/h3-11H,2,12-13H2,1H3. The molecule has 0 aliphatic heterocycles. The molecule has 0 atom stereocenters. The van der Waals surface area contributed by atoms with Gasteiger partial charge in [-0.3, -0.25) is 4.90 Å². The van der Waals surface area contributed by atoms with E-state index in [1.807, 2.05) is 12.1 Å². The van der Waals surface area contributed by atoms with Gasteiger partial charge in [0.2, 0.25) is 0 Å². The number of hydrogen-bond donors (Lipinski definition) is 0. The molecule has 0 spiro atoms. The van der Waals surface area contributed by atoms with Crippen molar-refractivity contribution in [3.05, 3.63) is 70.7 Å². The highest BCUT2D eigenvalue weighted by Gasteiger charge is 2.04. The van der Waals surface area contributed by atoms with Gasteiger partial charge in [-0.25, -0.2) is 0 Å². The molecular weight excluding hydrogens is 242 g/mol. The predicted molar refractivity (Wildman–Crippen MR) is 77.7 cm³/mol. The Morgan fingerprint density at radius 1 is 0.833 bits per heavy atom. The Bertz CT molecular complexity index is 464. The lowest BCUT2D eigenvalue weighted by atomic mass is 10.1. The van der Waals surface area contributed by atoms with Crippen molar-refractivity contribution in [2.75, 3.05) is 6.54 Å². The van der Waals surface area contributed by atoms with Crippen molar-refractivity contribution >= 4 is 11.6 Å². The molecule has 2 aromatic rings. The fourth-order valence-corrected chi connectivity index (χ4v) is 2.10. The molecule has 2 heteroatoms. The second kappa shape index (κ2) is 6.58. The number of benzene rings is 2. The zero-order valence-electron chi connectivity index (χ0n) is 10.6. The monoisotopic (exact) mass is 259 g/mol. The van der Waals surface area contributed by atoms with Gasteiger partial charge in [-0.2, -0.15) is 0 Å². The molecule has 0 aromatic heterocycles. The molecule has 18 heavy (non-hydrogen) atoms. The van der Waals surface area contributed by atoms with Crippen LogP contribution in [0, 0.1) is 0 Å². The normalized spacial score (nSPS) is 10.8. The third-order valence-electron chi connectivity index (χ3n) is 3.02. The maximum Gasteiger partial charge on any atom is 0.0406 e. The topological polar surface area (TPSA) is 3.24 Å². The Hall–Kier alpha value is -1.31. The molecule has 0 radical (unpaired) electrons. The first-order chi connectivity index (χ1) is 8.78. The van der Waals surface area contributed by atoms with E-state index in [1.165, 1.54) is 11.1 Å². The van der Waals surface area contributed by atoms with E-state index in [0.717, 1.165) is 24.7 Å². The molecule has 1 nitrogen and oxygen atoms in total. The Morgan fingerprint density at radius 2 is 1.39 bits per heavy atom. The van der Waals surface area contributed by atoms with Gasteiger partial charge in [0.25, 0.3) is 0 Å². The first kappa shape index (κ1) is 13.1. The summed E-state index contributed by atoms with van der Waals surface area (Å²) in [4.78, 5) is 2.42. The lowest BCUT2D eigenvalue weighted by Crippen LogP contribution is -2.22. The van der Waals surface area contributed by atoms with Gasteiger partial charge in [-0.05, 0) is 29.8 Å². The maximum atomic E-state index is 5.90. The van der Waals surface area contributed by atoms with Crippen LogP contribution in [0.4, 0.5) is 0 Å². The van der Waals surface area contributed by atoms with E-state index in [-0.39, 0.29) is 0 Å². The van der Waals surface area contributed by atoms with Crippen molar-refractivity contribution in [1.29, 1.82) is 0 Å². The third kappa shape index (κ3) is 3.86. The highest BCUT2D eigenvalue weighted by molar-refractivity contribution is 6.30. The fraction of sp³-hybridized carbons (Fsp3) is 0.250. The van der Waals surface area contributed by atoms with E-state index in [0.29, 0.717) is 0 Å². The Balaban J connectivity index is 1.99. The second-order valence-corrected chi connectivity index (χ2v) is 4.85. The van der Waals surface area contributed by atoms with Crippen LogP contribution in [0.15, 0.2) is 54.6 Å². The third-order valence-corrected chi connectivity index (χ3v) is 3.27. The van der Waals surface area contributed by atoms with E-state index >= 15 is 0 Å². The van der Waals surface area contributed by atoms with Crippen LogP contribution in [0.5, 0.6) is 0 Å². The van der Waals surface area contributed by atoms with Crippen LogP contribution in [0.2, 0.25) is 5.02 Å². The Kier molecular flexibility index (Phi) is 4.80. The summed E-state index contributed by atoms with van der Waals surface area (Å²) in [6.45, 7) is 5.18. The molecule has 0 heterocycles. The summed E-state index contributed by atoms with van der Waals surface area (Å²) in [5, 5.41) is 0.796. The van der Waals surface area contributed by atoms with Crippen LogP contribution in [-0.4, -0.2) is 11.4 Å². The summed E-state index contributed by atoms with van der Waals surface area (Å²) in [5.74, 6) is 0. The molecule has 0 aliphatic rings. The van der Waals surface area contributed by atoms with Crippen LogP contribution in [-0.2, 0) is 13.1 Å². The smallest absolute Gasteiger partial charge is 0.0406 e. The minimum absolute atomic E-state index is 0.796. The minimum Gasteiger partial charge on any atom is -0.295 e. The van der Waals surface area contributed by atoms with Gasteiger partial charge in [-0.1, -0.05) is 61.0 Å². The zero-order chi connectivity index (χ0) is 12.8. The van der Waals surface area contributed by atoms with E-state index in [1.54, 1.807) is 0 Å². The van der Waals surface area contributed by atoms with E-state index in [4.69, 9.17) is 11.6 Å². The lowest BCUT2D eigenvalue weighted by Gasteiger charge is -2.20. The maximum absolute atomic E-state index is 5.90. The molecule has 2 rings (SSSR count). The molecule has 0 saturated heterocycles. The van der Waals surface area contributed by atoms with Gasteiger partial charge >= 0.3 is 0 Å². The largest absolute Gasteiger partial charge is 0.295 e. The molecule has 0 saturated carbocycles. The SMILES string of the molecule is CCN(Cc1ccccc1)Cc1ccc(Cl)cc1. The van der Waals surface area contributed by atoms with Gasteiger partial charge in [0, 0.05) is 18.1 Å². The van der Waals surface area contributed by atoms with Crippen LogP contribution in [0.25, 0.3) is 0 Å². The molecule has 0 fully saturated rings. The number of hydrogen-bond acceptors (Lipinski definition) is 1. The fourth-order valence-electron chi connectivity index (χ4n) is 1.97. The second-order valence-electron chi connectivity index (χ2n) is 4.42. The Labute approximate surface area is 114 Å². The summed E-state index contributed by atoms with van der Waals surface area (Å²) in [6, 6.07) is 18.7. The van der Waals surface area contributed by atoms with Crippen molar-refractivity contribution < 1.29 is 0 Å². The van der Waals surface area contributed by atoms with Crippen LogP contribution in [0.1, 0.15) is 18.1 Å². The summed E-state index contributed by atoms with van der Waals surface area (Å²) < 4.78 is 0. The summed E-state index contributed by atoms with van der Waals surface area (Å²) >= 11 is 5.90. The molecule has 0 aliphatic carbocycles. The molecule has 0 unspecified atom stereocenters. The van der Waals surface area contributed by atoms with Gasteiger partial charge in [0.15, 0.2) is 0 Å². The van der Waals surface area contributed by atoms with Crippen molar-refractivity contribution in [3.8, 4) is 0 Å². The average Bonchev–Trinajstić information content (AvgIpc) is 2.41. The van der Waals surface area contributed by atoms with E-state index in [9.17, 15) is 0 Å².